The summed E-state index contributed by atoms with van der Waals surface area (Å²) in [5.74, 6) is -1.30. The monoisotopic (exact) mass is 322 g/mol. The normalized spacial score (nSPS) is 11.0. The minimum Gasteiger partial charge on any atom is -0.508 e. The van der Waals surface area contributed by atoms with Gasteiger partial charge in [-0.2, -0.15) is 8.42 Å². The molecule has 0 amide bonds. The van der Waals surface area contributed by atoms with Crippen molar-refractivity contribution in [1.29, 1.82) is 0 Å². The van der Waals surface area contributed by atoms with Gasteiger partial charge in [0.05, 0.1) is 7.11 Å². The van der Waals surface area contributed by atoms with Gasteiger partial charge in [0.1, 0.15) is 16.2 Å². The molecule has 0 aliphatic rings. The molecule has 7 heteroatoms. The van der Waals surface area contributed by atoms with Gasteiger partial charge in [-0.15, -0.1) is 0 Å². The van der Waals surface area contributed by atoms with E-state index in [1.165, 1.54) is 24.3 Å². The standard InChI is InChI=1S/C15H14O6S/c1-10-3-6-12(7-4-10)22(18,19)21-14-9-11(16)5-8-13(14)15(17)20-2/h3-9,16H,1-2H3. The van der Waals surface area contributed by atoms with Crippen LogP contribution in [0.2, 0.25) is 0 Å². The molecular formula is C15H14O6S. The molecule has 0 aromatic heterocycles. The maximum atomic E-state index is 12.2. The molecule has 0 aliphatic carbocycles. The van der Waals surface area contributed by atoms with E-state index < -0.39 is 16.1 Å². The van der Waals surface area contributed by atoms with Crippen molar-refractivity contribution in [1.82, 2.24) is 0 Å². The van der Waals surface area contributed by atoms with Crippen molar-refractivity contribution < 1.29 is 27.2 Å². The summed E-state index contributed by atoms with van der Waals surface area (Å²) in [5.41, 5.74) is 0.794. The lowest BCUT2D eigenvalue weighted by molar-refractivity contribution is 0.0599. The van der Waals surface area contributed by atoms with E-state index in [1.807, 2.05) is 6.92 Å². The molecule has 0 saturated carbocycles. The zero-order valence-electron chi connectivity index (χ0n) is 11.9. The van der Waals surface area contributed by atoms with E-state index in [2.05, 4.69) is 4.74 Å². The van der Waals surface area contributed by atoms with E-state index in [1.54, 1.807) is 12.1 Å². The number of phenols is 1. The first-order chi connectivity index (χ1) is 10.3. The number of hydrogen-bond acceptors (Lipinski definition) is 6. The number of carbonyl (C=O) groups excluding carboxylic acids is 1. The van der Waals surface area contributed by atoms with Gasteiger partial charge in [0.15, 0.2) is 5.75 Å². The molecule has 2 aromatic rings. The highest BCUT2D eigenvalue weighted by atomic mass is 32.2. The van der Waals surface area contributed by atoms with Crippen LogP contribution in [0.25, 0.3) is 0 Å². The summed E-state index contributed by atoms with van der Waals surface area (Å²) in [5, 5.41) is 9.47. The molecule has 2 rings (SSSR count). The Morgan fingerprint density at radius 1 is 1.09 bits per heavy atom. The Hall–Kier alpha value is -2.54. The zero-order valence-corrected chi connectivity index (χ0v) is 12.8. The Morgan fingerprint density at radius 2 is 1.73 bits per heavy atom. The minimum atomic E-state index is -4.13. The van der Waals surface area contributed by atoms with Crippen LogP contribution < -0.4 is 4.18 Å². The van der Waals surface area contributed by atoms with Gasteiger partial charge in [-0.05, 0) is 31.2 Å². The van der Waals surface area contributed by atoms with Crippen molar-refractivity contribution in [3.8, 4) is 11.5 Å². The van der Waals surface area contributed by atoms with Crippen LogP contribution in [-0.2, 0) is 14.9 Å². The van der Waals surface area contributed by atoms with Crippen molar-refractivity contribution in [2.24, 2.45) is 0 Å². The fourth-order valence-corrected chi connectivity index (χ4v) is 2.67. The van der Waals surface area contributed by atoms with Crippen LogP contribution in [0.15, 0.2) is 47.4 Å². The Labute approximate surface area is 128 Å². The highest BCUT2D eigenvalue weighted by Gasteiger charge is 2.22. The second kappa shape index (κ2) is 6.07. The Morgan fingerprint density at radius 3 is 2.32 bits per heavy atom. The first kappa shape index (κ1) is 15.8. The van der Waals surface area contributed by atoms with E-state index in [4.69, 9.17) is 4.18 Å². The third-order valence-electron chi connectivity index (χ3n) is 2.88. The third kappa shape index (κ3) is 3.37. The highest BCUT2D eigenvalue weighted by molar-refractivity contribution is 7.87. The van der Waals surface area contributed by atoms with E-state index in [-0.39, 0.29) is 22.0 Å². The molecular weight excluding hydrogens is 308 g/mol. The SMILES string of the molecule is COC(=O)c1ccc(O)cc1OS(=O)(=O)c1ccc(C)cc1. The molecule has 1 N–H and O–H groups in total. The topological polar surface area (TPSA) is 89.9 Å². The van der Waals surface area contributed by atoms with Gasteiger partial charge in [-0.3, -0.25) is 0 Å². The maximum Gasteiger partial charge on any atom is 0.341 e. The number of rotatable bonds is 4. The summed E-state index contributed by atoms with van der Waals surface area (Å²) in [6, 6.07) is 9.53. The summed E-state index contributed by atoms with van der Waals surface area (Å²) in [7, 11) is -2.97. The van der Waals surface area contributed by atoms with Gasteiger partial charge in [-0.1, -0.05) is 17.7 Å². The number of carbonyl (C=O) groups is 1. The number of ether oxygens (including phenoxy) is 1. The number of methoxy groups -OCH3 is 1. The van der Waals surface area contributed by atoms with Crippen LogP contribution in [0, 0.1) is 6.92 Å². The lowest BCUT2D eigenvalue weighted by Gasteiger charge is -2.11. The van der Waals surface area contributed by atoms with Crippen molar-refractivity contribution in [2.75, 3.05) is 7.11 Å². The van der Waals surface area contributed by atoms with Crippen LogP contribution >= 0.6 is 0 Å². The minimum absolute atomic E-state index is 0.0581. The zero-order chi connectivity index (χ0) is 16.3. The lowest BCUT2D eigenvalue weighted by atomic mass is 10.2. The van der Waals surface area contributed by atoms with Crippen LogP contribution in [0.1, 0.15) is 15.9 Å². The molecule has 2 aromatic carbocycles. The maximum absolute atomic E-state index is 12.2. The van der Waals surface area contributed by atoms with Crippen LogP contribution in [0.3, 0.4) is 0 Å². The Kier molecular flexibility index (Phi) is 4.37. The molecule has 0 radical (unpaired) electrons. The quantitative estimate of drug-likeness (QED) is 0.686. The number of esters is 1. The summed E-state index contributed by atoms with van der Waals surface area (Å²) < 4.78 is 34.0. The van der Waals surface area contributed by atoms with Crippen molar-refractivity contribution >= 4 is 16.1 Å². The molecule has 0 unspecified atom stereocenters. The molecule has 0 saturated heterocycles. The van der Waals surface area contributed by atoms with Crippen LogP contribution in [0.5, 0.6) is 11.5 Å². The van der Waals surface area contributed by atoms with Crippen molar-refractivity contribution in [3.05, 3.63) is 53.6 Å². The molecule has 22 heavy (non-hydrogen) atoms. The Balaban J connectivity index is 2.43. The summed E-state index contributed by atoms with van der Waals surface area (Å²) in [6.45, 7) is 1.82. The average molecular weight is 322 g/mol. The van der Waals surface area contributed by atoms with Gasteiger partial charge in [0, 0.05) is 6.07 Å². The first-order valence-electron chi connectivity index (χ1n) is 6.26. The highest BCUT2D eigenvalue weighted by Crippen LogP contribution is 2.28. The summed E-state index contributed by atoms with van der Waals surface area (Å²) >= 11 is 0. The number of aromatic hydroxyl groups is 1. The molecule has 0 spiro atoms. The molecule has 0 fully saturated rings. The fraction of sp³-hybridized carbons (Fsp3) is 0.133. The second-order valence-corrected chi connectivity index (χ2v) is 6.07. The van der Waals surface area contributed by atoms with E-state index in [0.29, 0.717) is 0 Å². The Bertz CT molecular complexity index is 793. The van der Waals surface area contributed by atoms with Gasteiger partial charge in [0.2, 0.25) is 0 Å². The van der Waals surface area contributed by atoms with Crippen LogP contribution in [-0.4, -0.2) is 26.6 Å². The van der Waals surface area contributed by atoms with Gasteiger partial charge in [-0.25, -0.2) is 4.79 Å². The molecule has 6 nitrogen and oxygen atoms in total. The summed E-state index contributed by atoms with van der Waals surface area (Å²) in [4.78, 5) is 11.6. The predicted molar refractivity (Wildman–Crippen MR) is 78.4 cm³/mol. The fourth-order valence-electron chi connectivity index (χ4n) is 1.73. The predicted octanol–water partition coefficient (Wildman–Crippen LogP) is 2.25. The molecule has 116 valence electrons. The molecule has 0 aliphatic heterocycles. The van der Waals surface area contributed by atoms with Gasteiger partial charge >= 0.3 is 16.1 Å². The van der Waals surface area contributed by atoms with Crippen LogP contribution in [0.4, 0.5) is 0 Å². The number of hydrogen-bond donors (Lipinski definition) is 1. The van der Waals surface area contributed by atoms with Gasteiger partial charge < -0.3 is 14.0 Å². The largest absolute Gasteiger partial charge is 0.508 e. The van der Waals surface area contributed by atoms with E-state index in [9.17, 15) is 18.3 Å². The number of aryl methyl sites for hydroxylation is 1. The second-order valence-electron chi connectivity index (χ2n) is 4.52. The first-order valence-corrected chi connectivity index (χ1v) is 7.67. The van der Waals surface area contributed by atoms with E-state index >= 15 is 0 Å². The third-order valence-corrected chi connectivity index (χ3v) is 4.13. The smallest absolute Gasteiger partial charge is 0.341 e. The van der Waals surface area contributed by atoms with E-state index in [0.717, 1.165) is 18.7 Å². The number of benzene rings is 2. The molecule has 0 atom stereocenters. The number of phenolic OH excluding ortho intramolecular Hbond substituents is 1. The molecule has 0 bridgehead atoms. The molecule has 0 heterocycles. The van der Waals surface area contributed by atoms with Crippen molar-refractivity contribution in [3.63, 3.8) is 0 Å². The summed E-state index contributed by atoms with van der Waals surface area (Å²) in [6.07, 6.45) is 0. The lowest BCUT2D eigenvalue weighted by Crippen LogP contribution is -2.13. The average Bonchev–Trinajstić information content (AvgIpc) is 2.46. The van der Waals surface area contributed by atoms with Crippen molar-refractivity contribution in [2.45, 2.75) is 11.8 Å². The van der Waals surface area contributed by atoms with Gasteiger partial charge in [0.25, 0.3) is 0 Å².